The lowest BCUT2D eigenvalue weighted by molar-refractivity contribution is -0.161. The minimum Gasteiger partial charge on any atom is -0.462 e. The Bertz CT molecular complexity index is 926. The van der Waals surface area contributed by atoms with E-state index in [9.17, 15) is 23.9 Å². The fourth-order valence-corrected chi connectivity index (χ4v) is 5.59. The van der Waals surface area contributed by atoms with Crippen LogP contribution in [0.1, 0.15) is 71.3 Å². The molecule has 1 heterocycles. The molecule has 7 nitrogen and oxygen atoms in total. The highest BCUT2D eigenvalue weighted by molar-refractivity contribution is 7.99. The number of benzene rings is 1. The van der Waals surface area contributed by atoms with Crippen molar-refractivity contribution in [1.29, 1.82) is 0 Å². The third-order valence-corrected chi connectivity index (χ3v) is 8.53. The topological polar surface area (TPSA) is 93.1 Å². The summed E-state index contributed by atoms with van der Waals surface area (Å²) in [6.45, 7) is 6.69. The fraction of sp³-hybridized carbons (Fsp3) is 0.633. The summed E-state index contributed by atoms with van der Waals surface area (Å²) in [6, 6.07) is 6.02. The predicted molar refractivity (Wildman–Crippen MR) is 152 cm³/mol. The molecule has 218 valence electrons. The van der Waals surface area contributed by atoms with Gasteiger partial charge in [0.1, 0.15) is 19.0 Å². The fourth-order valence-electron chi connectivity index (χ4n) is 4.71. The Hall–Kier alpha value is -2.39. The number of carbonyl (C=O) groups excluding carboxylic acids is 3. The van der Waals surface area contributed by atoms with Crippen LogP contribution in [-0.2, 0) is 30.3 Å². The molecule has 1 saturated heterocycles. The van der Waals surface area contributed by atoms with Crippen molar-refractivity contribution in [2.24, 2.45) is 5.41 Å². The molecule has 1 aliphatic heterocycles. The lowest BCUT2D eigenvalue weighted by atomic mass is 9.80. The molecule has 9 heteroatoms. The first-order chi connectivity index (χ1) is 18.7. The van der Waals surface area contributed by atoms with E-state index in [-0.39, 0.29) is 42.9 Å². The highest BCUT2D eigenvalue weighted by Crippen LogP contribution is 2.31. The molecule has 39 heavy (non-hydrogen) atoms. The van der Waals surface area contributed by atoms with E-state index in [1.165, 1.54) is 12.1 Å². The summed E-state index contributed by atoms with van der Waals surface area (Å²) in [5.41, 5.74) is 0.391. The second kappa shape index (κ2) is 17.3. The lowest BCUT2D eigenvalue weighted by Crippen LogP contribution is -2.34. The van der Waals surface area contributed by atoms with E-state index >= 15 is 0 Å². The van der Waals surface area contributed by atoms with E-state index < -0.39 is 11.5 Å². The first-order valence-electron chi connectivity index (χ1n) is 14.1. The largest absolute Gasteiger partial charge is 0.462 e. The van der Waals surface area contributed by atoms with Gasteiger partial charge in [0.2, 0.25) is 5.91 Å². The van der Waals surface area contributed by atoms with E-state index in [1.54, 1.807) is 30.0 Å². The Labute approximate surface area is 236 Å². The van der Waals surface area contributed by atoms with Crippen molar-refractivity contribution < 1.29 is 33.4 Å². The second-order valence-electron chi connectivity index (χ2n) is 9.89. The average Bonchev–Trinajstić information content (AvgIpc) is 3.29. The molecule has 1 amide bonds. The van der Waals surface area contributed by atoms with Gasteiger partial charge in [-0.3, -0.25) is 14.4 Å². The van der Waals surface area contributed by atoms with Crippen LogP contribution in [0.15, 0.2) is 36.4 Å². The molecule has 0 aliphatic carbocycles. The minimum absolute atomic E-state index is 0.0396. The van der Waals surface area contributed by atoms with Crippen molar-refractivity contribution in [2.45, 2.75) is 84.3 Å². The summed E-state index contributed by atoms with van der Waals surface area (Å²) in [5.74, 6) is 0.800. The number of ether oxygens (including phenoxy) is 2. The molecule has 0 bridgehead atoms. The average molecular weight is 566 g/mol. The van der Waals surface area contributed by atoms with Crippen molar-refractivity contribution in [3.8, 4) is 0 Å². The van der Waals surface area contributed by atoms with Crippen LogP contribution >= 0.6 is 11.8 Å². The number of rotatable bonds is 18. The number of carbonyl (C=O) groups is 3. The van der Waals surface area contributed by atoms with E-state index in [2.05, 4.69) is 0 Å². The Balaban J connectivity index is 1.59. The lowest BCUT2D eigenvalue weighted by Gasteiger charge is -2.27. The Morgan fingerprint density at radius 2 is 1.79 bits per heavy atom. The monoisotopic (exact) mass is 565 g/mol. The number of likely N-dealkylation sites (tertiary alicyclic amines) is 1. The molecule has 1 N–H and O–H groups in total. The number of hydrogen-bond acceptors (Lipinski definition) is 7. The maximum atomic E-state index is 13.1. The smallest absolute Gasteiger partial charge is 0.312 e. The molecular formula is C30H44FNO6S. The maximum Gasteiger partial charge on any atom is 0.312 e. The van der Waals surface area contributed by atoms with Gasteiger partial charge >= 0.3 is 11.9 Å². The van der Waals surface area contributed by atoms with E-state index in [0.29, 0.717) is 32.2 Å². The number of thioether (sulfide) groups is 1. The maximum absolute atomic E-state index is 13.1. The summed E-state index contributed by atoms with van der Waals surface area (Å²) in [4.78, 5) is 38.5. The molecule has 0 radical (unpaired) electrons. The highest BCUT2D eigenvalue weighted by Gasteiger charge is 2.34. The number of nitrogens with zero attached hydrogens (tertiary/aromatic N) is 1. The molecule has 1 fully saturated rings. The predicted octanol–water partition coefficient (Wildman–Crippen LogP) is 5.09. The highest BCUT2D eigenvalue weighted by atomic mass is 32.2. The van der Waals surface area contributed by atoms with Gasteiger partial charge in [-0.2, -0.15) is 11.8 Å². The van der Waals surface area contributed by atoms with E-state index in [4.69, 9.17) is 9.47 Å². The SMILES string of the molecule is CCC(CC)(CC)C(=O)OCCOC(=O)CCCSCCN1C(=O)CC[C@@H]1C=C[C@@H](O)Cc1ccc(F)cc1. The van der Waals surface area contributed by atoms with E-state index in [0.717, 1.165) is 42.8 Å². The number of aliphatic hydroxyl groups excluding tert-OH is 1. The van der Waals surface area contributed by atoms with Gasteiger partial charge < -0.3 is 19.5 Å². The van der Waals surface area contributed by atoms with Gasteiger partial charge in [0.15, 0.2) is 0 Å². The first-order valence-corrected chi connectivity index (χ1v) is 15.2. The van der Waals surface area contributed by atoms with Crippen molar-refractivity contribution in [1.82, 2.24) is 4.90 Å². The van der Waals surface area contributed by atoms with Crippen LogP contribution in [0.2, 0.25) is 0 Å². The van der Waals surface area contributed by atoms with Crippen LogP contribution in [-0.4, -0.2) is 71.3 Å². The van der Waals surface area contributed by atoms with Crippen LogP contribution in [0.3, 0.4) is 0 Å². The minimum atomic E-state index is -0.702. The van der Waals surface area contributed by atoms with Crippen molar-refractivity contribution in [3.05, 3.63) is 47.8 Å². The van der Waals surface area contributed by atoms with Crippen molar-refractivity contribution >= 4 is 29.6 Å². The molecule has 0 spiro atoms. The van der Waals surface area contributed by atoms with Crippen LogP contribution < -0.4 is 0 Å². The van der Waals surface area contributed by atoms with Gasteiger partial charge in [0.05, 0.1) is 17.6 Å². The molecule has 0 aromatic heterocycles. The zero-order chi connectivity index (χ0) is 28.7. The number of aliphatic hydroxyl groups is 1. The zero-order valence-electron chi connectivity index (χ0n) is 23.5. The summed E-state index contributed by atoms with van der Waals surface area (Å²) >= 11 is 1.68. The molecule has 0 saturated carbocycles. The Morgan fingerprint density at radius 3 is 2.46 bits per heavy atom. The Morgan fingerprint density at radius 1 is 1.13 bits per heavy atom. The van der Waals surface area contributed by atoms with Crippen LogP contribution in [0.25, 0.3) is 0 Å². The third-order valence-electron chi connectivity index (χ3n) is 7.48. The molecule has 1 aliphatic rings. The Kier molecular flexibility index (Phi) is 14.6. The summed E-state index contributed by atoms with van der Waals surface area (Å²) < 4.78 is 23.6. The van der Waals surface area contributed by atoms with Gasteiger partial charge in [-0.1, -0.05) is 45.1 Å². The number of hydrogen-bond donors (Lipinski definition) is 1. The first kappa shape index (κ1) is 32.8. The second-order valence-corrected chi connectivity index (χ2v) is 11.1. The normalized spacial score (nSPS) is 16.6. The summed E-state index contributed by atoms with van der Waals surface area (Å²) in [7, 11) is 0. The number of halogens is 1. The van der Waals surface area contributed by atoms with Gasteiger partial charge in [-0.15, -0.1) is 0 Å². The van der Waals surface area contributed by atoms with Crippen molar-refractivity contribution in [3.63, 3.8) is 0 Å². The third kappa shape index (κ3) is 11.0. The van der Waals surface area contributed by atoms with Gasteiger partial charge in [-0.25, -0.2) is 4.39 Å². The molecule has 2 atom stereocenters. The summed E-state index contributed by atoms with van der Waals surface area (Å²) in [5, 5.41) is 10.3. The van der Waals surface area contributed by atoms with Crippen LogP contribution in [0, 0.1) is 11.2 Å². The molecule has 2 rings (SSSR count). The van der Waals surface area contributed by atoms with Crippen LogP contribution in [0.5, 0.6) is 0 Å². The molecular weight excluding hydrogens is 521 g/mol. The molecule has 0 unspecified atom stereocenters. The van der Waals surface area contributed by atoms with Crippen LogP contribution in [0.4, 0.5) is 4.39 Å². The van der Waals surface area contributed by atoms with Crippen molar-refractivity contribution in [2.75, 3.05) is 31.3 Å². The summed E-state index contributed by atoms with van der Waals surface area (Å²) in [6.07, 6.45) is 7.64. The number of esters is 2. The van der Waals surface area contributed by atoms with Gasteiger partial charge in [0, 0.05) is 31.6 Å². The van der Waals surface area contributed by atoms with Gasteiger partial charge in [0.25, 0.3) is 0 Å². The standard InChI is InChI=1S/C30H44FNO6S/c1-4-30(5-2,6-3)29(36)38-19-18-37-28(35)8-7-20-39-21-17-32-25(14-16-27(32)34)13-15-26(33)22-23-9-11-24(31)12-10-23/h9-13,15,25-26,33H,4-8,14,16-22H2,1-3H3/t25-,26+/m0/s1. The van der Waals surface area contributed by atoms with E-state index in [1.807, 2.05) is 31.7 Å². The molecule has 1 aromatic carbocycles. The quantitative estimate of drug-likeness (QED) is 0.151. The number of amides is 1. The molecule has 1 aromatic rings. The zero-order valence-corrected chi connectivity index (χ0v) is 24.3. The van der Waals surface area contributed by atoms with Gasteiger partial charge in [-0.05, 0) is 55.6 Å².